The summed E-state index contributed by atoms with van der Waals surface area (Å²) in [4.78, 5) is 6.59. The average Bonchev–Trinajstić information content (AvgIpc) is 2.56. The zero-order chi connectivity index (χ0) is 8.39. The molecule has 12 heavy (non-hydrogen) atoms. The van der Waals surface area contributed by atoms with E-state index >= 15 is 0 Å². The third-order valence-electron chi connectivity index (χ3n) is 2.33. The second-order valence-corrected chi connectivity index (χ2v) is 3.41. The van der Waals surface area contributed by atoms with E-state index < -0.39 is 0 Å². The van der Waals surface area contributed by atoms with E-state index in [2.05, 4.69) is 23.8 Å². The second-order valence-electron chi connectivity index (χ2n) is 3.41. The fraction of sp³-hybridized carbons (Fsp3) is 0.444. The Morgan fingerprint density at radius 3 is 2.67 bits per heavy atom. The molecule has 1 fully saturated rings. The van der Waals surface area contributed by atoms with E-state index in [4.69, 9.17) is 0 Å². The summed E-state index contributed by atoms with van der Waals surface area (Å²) in [7, 11) is 2.09. The van der Waals surface area contributed by atoms with Crippen LogP contribution in [0.1, 0.15) is 12.8 Å². The Kier molecular flexibility index (Phi) is 2.02. The van der Waals surface area contributed by atoms with Crippen LogP contribution >= 0.6 is 0 Å². The quantitative estimate of drug-likeness (QED) is 0.535. The van der Waals surface area contributed by atoms with E-state index in [1.165, 1.54) is 37.1 Å². The van der Waals surface area contributed by atoms with Crippen molar-refractivity contribution in [2.24, 2.45) is 0 Å². The molecule has 0 aromatic carbocycles. The van der Waals surface area contributed by atoms with Crippen LogP contribution in [-0.4, -0.2) is 25.9 Å². The van der Waals surface area contributed by atoms with E-state index in [1.807, 2.05) is 12.4 Å². The molecule has 62 valence electrons. The molecule has 0 amide bonds. The summed E-state index contributed by atoms with van der Waals surface area (Å²) >= 11 is 0. The van der Waals surface area contributed by atoms with Crippen molar-refractivity contribution in [2.45, 2.75) is 12.8 Å². The van der Waals surface area contributed by atoms with Gasteiger partial charge in [0.25, 0.3) is 0 Å². The van der Waals surface area contributed by atoms with Crippen molar-refractivity contribution in [1.82, 2.24) is 4.98 Å². The van der Waals surface area contributed by atoms with Crippen LogP contribution in [0.25, 0.3) is 0 Å². The molecule has 1 aliphatic rings. The summed E-state index contributed by atoms with van der Waals surface area (Å²) in [6, 6.07) is 2.21. The number of aromatic nitrogens is 1. The summed E-state index contributed by atoms with van der Waals surface area (Å²) in [6.07, 6.45) is 6.51. The Labute approximate surface area is 74.0 Å². The highest BCUT2D eigenvalue weighted by Crippen LogP contribution is 2.16. The number of anilines is 1. The predicted octanol–water partition coefficient (Wildman–Crippen LogP) is -0.0598. The van der Waals surface area contributed by atoms with Gasteiger partial charge in [0.1, 0.15) is 7.85 Å². The van der Waals surface area contributed by atoms with Crippen molar-refractivity contribution in [3.8, 4) is 0 Å². The minimum atomic E-state index is 1.20. The lowest BCUT2D eigenvalue weighted by atomic mass is 9.98. The molecule has 2 nitrogen and oxygen atoms in total. The second kappa shape index (κ2) is 3.17. The SMILES string of the molecule is Bc1cncc(N2CCCC2)c1. The molecule has 1 aromatic rings. The predicted molar refractivity (Wildman–Crippen MR) is 53.9 cm³/mol. The molecule has 2 heterocycles. The maximum Gasteiger partial charge on any atom is 0.141 e. The first-order valence-corrected chi connectivity index (χ1v) is 4.53. The topological polar surface area (TPSA) is 16.1 Å². The normalized spacial score (nSPS) is 16.8. The highest BCUT2D eigenvalue weighted by Gasteiger charge is 2.11. The van der Waals surface area contributed by atoms with Crippen LogP contribution < -0.4 is 10.4 Å². The number of nitrogens with zero attached hydrogens (tertiary/aromatic N) is 2. The number of hydrogen-bond acceptors (Lipinski definition) is 2. The fourth-order valence-corrected chi connectivity index (χ4v) is 1.69. The Bertz CT molecular complexity index is 269. The molecule has 3 heteroatoms. The maximum absolute atomic E-state index is 4.19. The van der Waals surface area contributed by atoms with Crippen molar-refractivity contribution in [2.75, 3.05) is 18.0 Å². The lowest BCUT2D eigenvalue weighted by molar-refractivity contribution is 0.949. The van der Waals surface area contributed by atoms with Gasteiger partial charge >= 0.3 is 0 Å². The molecule has 0 spiro atoms. The standard InChI is InChI=1S/C9H13BN2/c10-8-5-9(7-11-6-8)12-3-1-2-4-12/h5-7H,1-4,10H2. The van der Waals surface area contributed by atoms with Crippen molar-refractivity contribution < 1.29 is 0 Å². The van der Waals surface area contributed by atoms with Gasteiger partial charge in [0.2, 0.25) is 0 Å². The molecule has 1 saturated heterocycles. The Hall–Kier alpha value is -0.985. The van der Waals surface area contributed by atoms with Gasteiger partial charge < -0.3 is 4.90 Å². The molecule has 1 aromatic heterocycles. The number of rotatable bonds is 1. The van der Waals surface area contributed by atoms with E-state index in [9.17, 15) is 0 Å². The van der Waals surface area contributed by atoms with Gasteiger partial charge in [0.15, 0.2) is 0 Å². The summed E-state index contributed by atoms with van der Waals surface area (Å²) < 4.78 is 0. The summed E-state index contributed by atoms with van der Waals surface area (Å²) in [6.45, 7) is 2.40. The van der Waals surface area contributed by atoms with Gasteiger partial charge in [-0.2, -0.15) is 0 Å². The van der Waals surface area contributed by atoms with Gasteiger partial charge in [-0.3, -0.25) is 4.98 Å². The fourth-order valence-electron chi connectivity index (χ4n) is 1.69. The first-order valence-electron chi connectivity index (χ1n) is 4.53. The molecule has 0 radical (unpaired) electrons. The van der Waals surface area contributed by atoms with Gasteiger partial charge in [0, 0.05) is 19.3 Å². The lowest BCUT2D eigenvalue weighted by Crippen LogP contribution is -2.19. The molecular weight excluding hydrogens is 147 g/mol. The molecule has 2 rings (SSSR count). The van der Waals surface area contributed by atoms with Crippen molar-refractivity contribution in [1.29, 1.82) is 0 Å². The lowest BCUT2D eigenvalue weighted by Gasteiger charge is -2.16. The van der Waals surface area contributed by atoms with E-state index in [1.54, 1.807) is 0 Å². The highest BCUT2D eigenvalue weighted by atomic mass is 15.1. The first kappa shape index (κ1) is 7.65. The zero-order valence-electron chi connectivity index (χ0n) is 7.45. The van der Waals surface area contributed by atoms with Gasteiger partial charge in [-0.15, -0.1) is 0 Å². The first-order chi connectivity index (χ1) is 5.86. The van der Waals surface area contributed by atoms with Gasteiger partial charge in [0.05, 0.1) is 11.9 Å². The van der Waals surface area contributed by atoms with Crippen LogP contribution in [0.15, 0.2) is 18.5 Å². The van der Waals surface area contributed by atoms with Crippen LogP contribution in [0, 0.1) is 0 Å². The molecule has 0 bridgehead atoms. The van der Waals surface area contributed by atoms with Crippen LogP contribution in [0.4, 0.5) is 5.69 Å². The Balaban J connectivity index is 2.21. The number of hydrogen-bond donors (Lipinski definition) is 0. The highest BCUT2D eigenvalue weighted by molar-refractivity contribution is 6.32. The smallest absolute Gasteiger partial charge is 0.141 e. The largest absolute Gasteiger partial charge is 0.370 e. The molecule has 0 aliphatic carbocycles. The van der Waals surface area contributed by atoms with Crippen molar-refractivity contribution in [3.63, 3.8) is 0 Å². The van der Waals surface area contributed by atoms with E-state index in [0.717, 1.165) is 0 Å². The minimum absolute atomic E-state index is 1.20. The monoisotopic (exact) mass is 160 g/mol. The van der Waals surface area contributed by atoms with E-state index in [0.29, 0.717) is 0 Å². The third kappa shape index (κ3) is 1.45. The molecule has 0 saturated carbocycles. The molecule has 1 aliphatic heterocycles. The Morgan fingerprint density at radius 1 is 1.25 bits per heavy atom. The minimum Gasteiger partial charge on any atom is -0.370 e. The number of pyridine rings is 1. The summed E-state index contributed by atoms with van der Waals surface area (Å²) in [5, 5.41) is 0. The molecule has 0 N–H and O–H groups in total. The molecule has 0 unspecified atom stereocenters. The van der Waals surface area contributed by atoms with E-state index in [-0.39, 0.29) is 0 Å². The van der Waals surface area contributed by atoms with Gasteiger partial charge in [-0.25, -0.2) is 0 Å². The maximum atomic E-state index is 4.19. The Morgan fingerprint density at radius 2 is 2.00 bits per heavy atom. The average molecular weight is 160 g/mol. The van der Waals surface area contributed by atoms with Gasteiger partial charge in [-0.05, 0) is 18.9 Å². The third-order valence-corrected chi connectivity index (χ3v) is 2.33. The van der Waals surface area contributed by atoms with Crippen LogP contribution in [0.3, 0.4) is 0 Å². The zero-order valence-corrected chi connectivity index (χ0v) is 7.45. The summed E-state index contributed by atoms with van der Waals surface area (Å²) in [5.74, 6) is 0. The van der Waals surface area contributed by atoms with Gasteiger partial charge in [-0.1, -0.05) is 5.46 Å². The van der Waals surface area contributed by atoms with Crippen LogP contribution in [-0.2, 0) is 0 Å². The van der Waals surface area contributed by atoms with Crippen molar-refractivity contribution in [3.05, 3.63) is 18.5 Å². The van der Waals surface area contributed by atoms with Crippen LogP contribution in [0.2, 0.25) is 0 Å². The van der Waals surface area contributed by atoms with Crippen LogP contribution in [0.5, 0.6) is 0 Å². The summed E-state index contributed by atoms with van der Waals surface area (Å²) in [5.41, 5.74) is 2.53. The molecule has 0 atom stereocenters. The molecular formula is C9H13BN2. The van der Waals surface area contributed by atoms with Crippen molar-refractivity contribution >= 4 is 19.0 Å².